The van der Waals surface area contributed by atoms with Gasteiger partial charge in [-0.2, -0.15) is 0 Å². The lowest BCUT2D eigenvalue weighted by Crippen LogP contribution is -2.45. The standard InChI is InChI=1S/C16H27NO3/c1-13-8-4-7-11-17(13)14(18)12-16(15(19)20)9-5-2-3-6-10-16/h13H,2-12H2,1H3,(H,19,20). The van der Waals surface area contributed by atoms with Crippen LogP contribution in [0.3, 0.4) is 0 Å². The number of carbonyl (C=O) groups excluding carboxylic acids is 1. The van der Waals surface area contributed by atoms with Gasteiger partial charge in [0.05, 0.1) is 5.41 Å². The van der Waals surface area contributed by atoms with E-state index < -0.39 is 11.4 Å². The van der Waals surface area contributed by atoms with E-state index in [0.29, 0.717) is 12.8 Å². The molecule has 4 heteroatoms. The molecule has 0 bridgehead atoms. The van der Waals surface area contributed by atoms with Crippen LogP contribution in [0, 0.1) is 5.41 Å². The fraction of sp³-hybridized carbons (Fsp3) is 0.875. The minimum Gasteiger partial charge on any atom is -0.481 e. The Morgan fingerprint density at radius 2 is 1.75 bits per heavy atom. The Balaban J connectivity index is 2.07. The van der Waals surface area contributed by atoms with Gasteiger partial charge in [-0.15, -0.1) is 0 Å². The van der Waals surface area contributed by atoms with Crippen molar-refractivity contribution in [3.63, 3.8) is 0 Å². The second-order valence-corrected chi connectivity index (χ2v) is 6.61. The normalized spacial score (nSPS) is 26.9. The Bertz CT molecular complexity index is 359. The summed E-state index contributed by atoms with van der Waals surface area (Å²) in [6.07, 6.45) is 8.88. The van der Waals surface area contributed by atoms with Crippen LogP contribution in [0.1, 0.15) is 71.1 Å². The molecule has 0 radical (unpaired) electrons. The number of rotatable bonds is 3. The first-order valence-corrected chi connectivity index (χ1v) is 8.08. The van der Waals surface area contributed by atoms with Gasteiger partial charge in [-0.1, -0.05) is 25.7 Å². The molecule has 20 heavy (non-hydrogen) atoms. The van der Waals surface area contributed by atoms with Gasteiger partial charge in [0.1, 0.15) is 0 Å². The molecule has 1 amide bonds. The Morgan fingerprint density at radius 3 is 2.30 bits per heavy atom. The van der Waals surface area contributed by atoms with E-state index in [0.717, 1.165) is 45.1 Å². The molecule has 2 fully saturated rings. The van der Waals surface area contributed by atoms with Crippen molar-refractivity contribution in [3.8, 4) is 0 Å². The smallest absolute Gasteiger partial charge is 0.310 e. The van der Waals surface area contributed by atoms with Gasteiger partial charge in [-0.05, 0) is 39.0 Å². The maximum Gasteiger partial charge on any atom is 0.310 e. The third-order valence-electron chi connectivity index (χ3n) is 5.13. The number of likely N-dealkylation sites (tertiary alicyclic amines) is 1. The van der Waals surface area contributed by atoms with E-state index in [2.05, 4.69) is 6.92 Å². The van der Waals surface area contributed by atoms with E-state index in [1.165, 1.54) is 6.42 Å². The molecule has 1 aliphatic carbocycles. The van der Waals surface area contributed by atoms with Gasteiger partial charge in [-0.25, -0.2) is 0 Å². The molecule has 0 aromatic heterocycles. The van der Waals surface area contributed by atoms with E-state index >= 15 is 0 Å². The molecule has 1 heterocycles. The Labute approximate surface area is 121 Å². The summed E-state index contributed by atoms with van der Waals surface area (Å²) in [6.45, 7) is 2.88. The van der Waals surface area contributed by atoms with Crippen LogP contribution in [0.15, 0.2) is 0 Å². The topological polar surface area (TPSA) is 57.6 Å². The van der Waals surface area contributed by atoms with Crippen molar-refractivity contribution in [2.75, 3.05) is 6.54 Å². The zero-order valence-electron chi connectivity index (χ0n) is 12.6. The first kappa shape index (κ1) is 15.3. The summed E-state index contributed by atoms with van der Waals surface area (Å²) < 4.78 is 0. The minimum atomic E-state index is -0.801. The van der Waals surface area contributed by atoms with Gasteiger partial charge in [-0.3, -0.25) is 9.59 Å². The lowest BCUT2D eigenvalue weighted by Gasteiger charge is -2.36. The molecule has 1 unspecified atom stereocenters. The predicted molar refractivity (Wildman–Crippen MR) is 77.4 cm³/mol. The zero-order chi connectivity index (χ0) is 14.6. The quantitative estimate of drug-likeness (QED) is 0.808. The predicted octanol–water partition coefficient (Wildman–Crippen LogP) is 3.20. The Hall–Kier alpha value is -1.06. The molecule has 2 aliphatic rings. The van der Waals surface area contributed by atoms with E-state index in [9.17, 15) is 14.7 Å². The van der Waals surface area contributed by atoms with Gasteiger partial charge < -0.3 is 10.0 Å². The average Bonchev–Trinajstić information content (AvgIpc) is 2.65. The summed E-state index contributed by atoms with van der Waals surface area (Å²) in [6, 6.07) is 0.271. The van der Waals surface area contributed by atoms with E-state index in [-0.39, 0.29) is 18.4 Å². The van der Waals surface area contributed by atoms with Crippen molar-refractivity contribution in [1.29, 1.82) is 0 Å². The second-order valence-electron chi connectivity index (χ2n) is 6.61. The molecule has 114 valence electrons. The van der Waals surface area contributed by atoms with Gasteiger partial charge >= 0.3 is 5.97 Å². The van der Waals surface area contributed by atoms with Crippen LogP contribution in [0.25, 0.3) is 0 Å². The van der Waals surface area contributed by atoms with E-state index in [1.807, 2.05) is 4.90 Å². The van der Waals surface area contributed by atoms with Gasteiger partial charge in [0.15, 0.2) is 0 Å². The number of piperidine rings is 1. The highest BCUT2D eigenvalue weighted by Crippen LogP contribution is 2.39. The highest BCUT2D eigenvalue weighted by atomic mass is 16.4. The summed E-state index contributed by atoms with van der Waals surface area (Å²) in [4.78, 5) is 26.2. The first-order valence-electron chi connectivity index (χ1n) is 8.08. The van der Waals surface area contributed by atoms with Crippen LogP contribution in [0.5, 0.6) is 0 Å². The van der Waals surface area contributed by atoms with Gasteiger partial charge in [0, 0.05) is 19.0 Å². The van der Waals surface area contributed by atoms with Crippen molar-refractivity contribution in [3.05, 3.63) is 0 Å². The molecule has 0 aromatic rings. The first-order chi connectivity index (χ1) is 9.55. The molecule has 1 aliphatic heterocycles. The molecule has 0 spiro atoms. The van der Waals surface area contributed by atoms with Crippen LogP contribution in [-0.2, 0) is 9.59 Å². The summed E-state index contributed by atoms with van der Waals surface area (Å²) >= 11 is 0. The Kier molecular flexibility index (Phi) is 5.06. The van der Waals surface area contributed by atoms with Gasteiger partial charge in [0.2, 0.25) is 5.91 Å². The second kappa shape index (κ2) is 6.59. The van der Waals surface area contributed by atoms with Crippen LogP contribution in [0.2, 0.25) is 0 Å². The largest absolute Gasteiger partial charge is 0.481 e. The summed E-state index contributed by atoms with van der Waals surface area (Å²) in [7, 11) is 0. The third kappa shape index (κ3) is 3.33. The number of aliphatic carboxylic acids is 1. The number of nitrogens with zero attached hydrogens (tertiary/aromatic N) is 1. The highest BCUT2D eigenvalue weighted by molar-refractivity contribution is 5.85. The number of carboxylic acid groups (broad SMARTS) is 1. The number of carbonyl (C=O) groups is 2. The molecule has 4 nitrogen and oxygen atoms in total. The summed E-state index contributed by atoms with van der Waals surface area (Å²) in [5.74, 6) is -0.709. The average molecular weight is 281 g/mol. The van der Waals surface area contributed by atoms with Crippen molar-refractivity contribution >= 4 is 11.9 Å². The number of amides is 1. The molecule has 1 saturated carbocycles. The molecular formula is C16H27NO3. The summed E-state index contributed by atoms with van der Waals surface area (Å²) in [5, 5.41) is 9.66. The highest BCUT2D eigenvalue weighted by Gasteiger charge is 2.42. The minimum absolute atomic E-state index is 0.0569. The van der Waals surface area contributed by atoms with Crippen LogP contribution in [-0.4, -0.2) is 34.5 Å². The number of carboxylic acids is 1. The third-order valence-corrected chi connectivity index (χ3v) is 5.13. The molecule has 2 rings (SSSR count). The van der Waals surface area contributed by atoms with Crippen molar-refractivity contribution in [1.82, 2.24) is 4.90 Å². The number of hydrogen-bond acceptors (Lipinski definition) is 2. The van der Waals surface area contributed by atoms with E-state index in [4.69, 9.17) is 0 Å². The fourth-order valence-electron chi connectivity index (χ4n) is 3.73. The SMILES string of the molecule is CC1CCCCN1C(=O)CC1(C(=O)O)CCCCCC1. The zero-order valence-corrected chi connectivity index (χ0v) is 12.6. The van der Waals surface area contributed by atoms with Crippen LogP contribution >= 0.6 is 0 Å². The molecule has 1 saturated heterocycles. The number of hydrogen-bond donors (Lipinski definition) is 1. The molecule has 1 N–H and O–H groups in total. The maximum absolute atomic E-state index is 12.6. The van der Waals surface area contributed by atoms with Crippen molar-refractivity contribution < 1.29 is 14.7 Å². The monoisotopic (exact) mass is 281 g/mol. The molecular weight excluding hydrogens is 254 g/mol. The molecule has 1 atom stereocenters. The van der Waals surface area contributed by atoms with Crippen LogP contribution in [0.4, 0.5) is 0 Å². The van der Waals surface area contributed by atoms with Crippen molar-refractivity contribution in [2.45, 2.75) is 77.2 Å². The van der Waals surface area contributed by atoms with Crippen LogP contribution < -0.4 is 0 Å². The lowest BCUT2D eigenvalue weighted by molar-refractivity contribution is -0.155. The van der Waals surface area contributed by atoms with Gasteiger partial charge in [0.25, 0.3) is 0 Å². The Morgan fingerprint density at radius 1 is 1.10 bits per heavy atom. The molecule has 0 aromatic carbocycles. The van der Waals surface area contributed by atoms with Crippen molar-refractivity contribution in [2.24, 2.45) is 5.41 Å². The maximum atomic E-state index is 12.6. The summed E-state index contributed by atoms with van der Waals surface area (Å²) in [5.41, 5.74) is -0.801. The lowest BCUT2D eigenvalue weighted by atomic mass is 9.77. The van der Waals surface area contributed by atoms with E-state index in [1.54, 1.807) is 0 Å². The fourth-order valence-corrected chi connectivity index (χ4v) is 3.73.